The van der Waals surface area contributed by atoms with E-state index in [0.29, 0.717) is 6.71 Å². The molecule has 0 aromatic carbocycles. The fourth-order valence-corrected chi connectivity index (χ4v) is 3.48. The van der Waals surface area contributed by atoms with E-state index in [1.54, 1.807) is 0 Å². The summed E-state index contributed by atoms with van der Waals surface area (Å²) in [4.78, 5) is 2.28. The molecule has 0 aliphatic carbocycles. The van der Waals surface area contributed by atoms with Crippen molar-refractivity contribution in [2.24, 2.45) is 0 Å². The molecule has 1 nitrogen and oxygen atoms in total. The van der Waals surface area contributed by atoms with Crippen LogP contribution in [0.1, 0.15) is 81.6 Å². The predicted octanol–water partition coefficient (Wildman–Crippen LogP) is 7.29. The van der Waals surface area contributed by atoms with Crippen LogP contribution < -0.4 is 0 Å². The zero-order chi connectivity index (χ0) is 18.6. The molecule has 0 bridgehead atoms. The summed E-state index contributed by atoms with van der Waals surface area (Å²) in [5.74, 6) is 0. The molecule has 1 aliphatic heterocycles. The molecule has 1 saturated heterocycles. The van der Waals surface area contributed by atoms with Gasteiger partial charge in [-0.2, -0.15) is 0 Å². The number of unbranched alkanes of at least 4 members (excludes halogenated alkanes) is 1. The number of alkyl halides is 1. The third kappa shape index (κ3) is 5.94. The largest absolute Gasteiger partial charge is 0.372 e. The van der Waals surface area contributed by atoms with E-state index in [1.165, 1.54) is 31.3 Å². The molecule has 1 unspecified atom stereocenters. The highest BCUT2D eigenvalue weighted by atomic mass is 79.9. The zero-order valence-electron chi connectivity index (χ0n) is 17.4. The second-order valence-electron chi connectivity index (χ2n) is 6.03. The highest BCUT2D eigenvalue weighted by Crippen LogP contribution is 2.54. The van der Waals surface area contributed by atoms with Crippen molar-refractivity contribution in [3.63, 3.8) is 0 Å². The second kappa shape index (κ2) is 13.5. The van der Waals surface area contributed by atoms with Crippen LogP contribution in [-0.4, -0.2) is 28.4 Å². The van der Waals surface area contributed by atoms with E-state index >= 15 is 0 Å². The minimum Gasteiger partial charge on any atom is -0.372 e. The molecular formula is C19H43BBrN. The van der Waals surface area contributed by atoms with Gasteiger partial charge in [-0.25, -0.2) is 0 Å². The Labute approximate surface area is 151 Å². The molecule has 1 rings (SSSR count). The Morgan fingerprint density at radius 2 is 1.45 bits per heavy atom. The van der Waals surface area contributed by atoms with E-state index < -0.39 is 0 Å². The maximum Gasteiger partial charge on any atom is 0.167 e. The van der Waals surface area contributed by atoms with Gasteiger partial charge in [0.05, 0.1) is 4.22 Å². The van der Waals surface area contributed by atoms with Gasteiger partial charge in [-0.15, -0.1) is 0 Å². The third-order valence-electron chi connectivity index (χ3n) is 4.22. The van der Waals surface area contributed by atoms with Crippen LogP contribution in [0.5, 0.6) is 0 Å². The first-order valence-corrected chi connectivity index (χ1v) is 10.1. The van der Waals surface area contributed by atoms with Crippen molar-refractivity contribution >= 4 is 22.6 Å². The Bertz CT molecular complexity index is 279. The van der Waals surface area contributed by atoms with Gasteiger partial charge >= 0.3 is 0 Å². The molecule has 1 heterocycles. The Balaban J connectivity index is -0.000000446. The number of rotatable bonds is 4. The molecule has 0 N–H and O–H groups in total. The van der Waals surface area contributed by atoms with Gasteiger partial charge in [-0.1, -0.05) is 103 Å². The lowest BCUT2D eigenvalue weighted by Gasteiger charge is -2.64. The molecule has 0 spiro atoms. The van der Waals surface area contributed by atoms with Gasteiger partial charge < -0.3 is 4.90 Å². The third-order valence-corrected chi connectivity index (χ3v) is 6.43. The summed E-state index contributed by atoms with van der Waals surface area (Å²) in [5, 5.41) is 0. The number of nitrogens with zero attached hydrogens (tertiary/aromatic N) is 1. The Hall–Kier alpha value is 0.0849. The van der Waals surface area contributed by atoms with Crippen LogP contribution in [0.15, 0.2) is 12.3 Å². The normalized spacial score (nSPS) is 21.1. The van der Waals surface area contributed by atoms with Crippen LogP contribution in [0, 0.1) is 0 Å². The smallest absolute Gasteiger partial charge is 0.167 e. The SMILES string of the molecule is C=C1N(C)C(C)(C)C1(Br)B(C)CCCC.CC.CC.CCC. The fourth-order valence-electron chi connectivity index (χ4n) is 2.72. The van der Waals surface area contributed by atoms with Crippen molar-refractivity contribution in [3.8, 4) is 0 Å². The summed E-state index contributed by atoms with van der Waals surface area (Å²) < 4.78 is 0.101. The lowest BCUT2D eigenvalue weighted by Crippen LogP contribution is -2.74. The Kier molecular flexibility index (Phi) is 16.6. The molecule has 134 valence electrons. The van der Waals surface area contributed by atoms with E-state index in [1.807, 2.05) is 27.7 Å². The van der Waals surface area contributed by atoms with Gasteiger partial charge in [0.15, 0.2) is 6.71 Å². The van der Waals surface area contributed by atoms with Crippen molar-refractivity contribution in [2.75, 3.05) is 7.05 Å². The maximum absolute atomic E-state index is 4.20. The molecule has 0 amide bonds. The van der Waals surface area contributed by atoms with Crippen molar-refractivity contribution in [1.29, 1.82) is 0 Å². The predicted molar refractivity (Wildman–Crippen MR) is 113 cm³/mol. The Morgan fingerprint density at radius 1 is 1.09 bits per heavy atom. The van der Waals surface area contributed by atoms with Gasteiger partial charge in [0.25, 0.3) is 0 Å². The van der Waals surface area contributed by atoms with Gasteiger partial charge in [0.1, 0.15) is 0 Å². The quantitative estimate of drug-likeness (QED) is 0.368. The standard InChI is InChI=1S/C12H23BBrN.C3H8.2C2H6/c1-7-8-9-13(5)12(14)10(2)15(6)11(12,3)4;1-3-2;2*1-2/h2,7-9H2,1,3-6H3;3H2,1-2H3;2*1-2H3. The van der Waals surface area contributed by atoms with Crippen molar-refractivity contribution in [3.05, 3.63) is 12.3 Å². The number of likely N-dealkylation sites (tertiary alicyclic amines) is 1. The zero-order valence-corrected chi connectivity index (χ0v) is 19.0. The van der Waals surface area contributed by atoms with E-state index in [9.17, 15) is 0 Å². The molecule has 0 aromatic rings. The van der Waals surface area contributed by atoms with Crippen molar-refractivity contribution in [1.82, 2.24) is 4.90 Å². The van der Waals surface area contributed by atoms with E-state index in [-0.39, 0.29) is 9.76 Å². The first-order chi connectivity index (χ1) is 10.2. The molecular weight excluding hydrogens is 333 g/mol. The van der Waals surface area contributed by atoms with Gasteiger partial charge in [0.2, 0.25) is 0 Å². The minimum atomic E-state index is 0.101. The van der Waals surface area contributed by atoms with E-state index in [4.69, 9.17) is 0 Å². The summed E-state index contributed by atoms with van der Waals surface area (Å²) in [5.41, 5.74) is 1.41. The highest BCUT2D eigenvalue weighted by Gasteiger charge is 2.61. The lowest BCUT2D eigenvalue weighted by molar-refractivity contribution is 0.0966. The molecule has 1 aliphatic rings. The fraction of sp³-hybridized carbons (Fsp3) is 0.895. The average Bonchev–Trinajstić information content (AvgIpc) is 2.54. The van der Waals surface area contributed by atoms with Crippen molar-refractivity contribution in [2.45, 2.75) is 104 Å². The summed E-state index contributed by atoms with van der Waals surface area (Å²) in [7, 11) is 2.13. The van der Waals surface area contributed by atoms with Gasteiger partial charge in [-0.3, -0.25) is 0 Å². The second-order valence-corrected chi connectivity index (χ2v) is 7.28. The Morgan fingerprint density at radius 3 is 1.73 bits per heavy atom. The summed E-state index contributed by atoms with van der Waals surface area (Å²) in [6, 6.07) is 0. The molecule has 0 saturated carbocycles. The highest BCUT2D eigenvalue weighted by molar-refractivity contribution is 9.10. The van der Waals surface area contributed by atoms with Crippen molar-refractivity contribution < 1.29 is 0 Å². The van der Waals surface area contributed by atoms with Crippen LogP contribution >= 0.6 is 15.9 Å². The maximum atomic E-state index is 4.20. The first kappa shape index (κ1) is 27.0. The van der Waals surface area contributed by atoms with Crippen LogP contribution in [0.2, 0.25) is 13.1 Å². The van der Waals surface area contributed by atoms with Gasteiger partial charge in [-0.05, 0) is 13.8 Å². The lowest BCUT2D eigenvalue weighted by atomic mass is 9.33. The van der Waals surface area contributed by atoms with Crippen LogP contribution in [0.3, 0.4) is 0 Å². The van der Waals surface area contributed by atoms with Crippen LogP contribution in [-0.2, 0) is 0 Å². The van der Waals surface area contributed by atoms with Crippen LogP contribution in [0.25, 0.3) is 0 Å². The summed E-state index contributed by atoms with van der Waals surface area (Å²) >= 11 is 3.95. The first-order valence-electron chi connectivity index (χ1n) is 9.33. The van der Waals surface area contributed by atoms with Crippen LogP contribution in [0.4, 0.5) is 0 Å². The van der Waals surface area contributed by atoms with E-state index in [2.05, 4.69) is 75.9 Å². The number of hydrogen-bond acceptors (Lipinski definition) is 1. The van der Waals surface area contributed by atoms with Gasteiger partial charge in [0, 0.05) is 18.3 Å². The minimum absolute atomic E-state index is 0.101. The monoisotopic (exact) mass is 375 g/mol. The molecule has 0 aromatic heterocycles. The molecule has 22 heavy (non-hydrogen) atoms. The summed E-state index contributed by atoms with van der Waals surface area (Å²) in [6.45, 7) is 26.3. The molecule has 3 heteroatoms. The number of halogens is 1. The average molecular weight is 376 g/mol. The summed E-state index contributed by atoms with van der Waals surface area (Å²) in [6.07, 6.45) is 5.11. The number of hydrogen-bond donors (Lipinski definition) is 0. The topological polar surface area (TPSA) is 3.24 Å². The molecule has 1 atom stereocenters. The van der Waals surface area contributed by atoms with E-state index in [0.717, 1.165) is 0 Å². The molecule has 0 radical (unpaired) electrons. The molecule has 1 fully saturated rings.